The second kappa shape index (κ2) is 7.63. The van der Waals surface area contributed by atoms with E-state index in [1.54, 1.807) is 49.4 Å². The number of pyridine rings is 1. The highest BCUT2D eigenvalue weighted by Gasteiger charge is 2.09. The van der Waals surface area contributed by atoms with Crippen molar-refractivity contribution in [2.75, 3.05) is 10.5 Å². The Morgan fingerprint density at radius 2 is 1.89 bits per heavy atom. The number of sulfonamides is 1. The van der Waals surface area contributed by atoms with Crippen molar-refractivity contribution in [3.63, 3.8) is 0 Å². The van der Waals surface area contributed by atoms with Gasteiger partial charge < -0.3 is 5.11 Å². The molecule has 0 aliphatic rings. The molecule has 3 rings (SSSR count). The van der Waals surface area contributed by atoms with Gasteiger partial charge in [0.15, 0.2) is 0 Å². The molecule has 0 unspecified atom stereocenters. The molecule has 7 nitrogen and oxygen atoms in total. The molecule has 0 saturated heterocycles. The summed E-state index contributed by atoms with van der Waals surface area (Å²) in [5.74, 6) is -0.250. The van der Waals surface area contributed by atoms with E-state index in [4.69, 9.17) is 0 Å². The molecule has 0 fully saturated rings. The summed E-state index contributed by atoms with van der Waals surface area (Å²) in [6, 6.07) is 13.9. The number of aromatic amines is 1. The Labute approximate surface area is 156 Å². The van der Waals surface area contributed by atoms with Gasteiger partial charge in [0.25, 0.3) is 5.56 Å². The highest BCUT2D eigenvalue weighted by molar-refractivity contribution is 7.92. The van der Waals surface area contributed by atoms with Crippen LogP contribution in [0.2, 0.25) is 0 Å². The lowest BCUT2D eigenvalue weighted by Crippen LogP contribution is -2.14. The standard InChI is InChI=1S/C19H19N3O4S/c1-2-27(25,26)22-14-7-5-6-13(10-14)11-20-12-17-15-8-3-4-9-16(15)18(23)21-19(17)24/h3-10,12,22H,2,11H2,1H3,(H2,21,23,24). The molecule has 3 aromatic rings. The molecule has 0 radical (unpaired) electrons. The normalized spacial score (nSPS) is 11.9. The number of nitrogens with one attached hydrogen (secondary N) is 2. The number of nitrogens with zero attached hydrogens (tertiary/aromatic N) is 1. The van der Waals surface area contributed by atoms with Crippen molar-refractivity contribution in [1.82, 2.24) is 4.98 Å². The largest absolute Gasteiger partial charge is 0.494 e. The molecule has 0 amide bonds. The molecule has 0 aliphatic heterocycles. The minimum atomic E-state index is -3.34. The lowest BCUT2D eigenvalue weighted by Gasteiger charge is -2.07. The first-order chi connectivity index (χ1) is 12.9. The molecule has 3 N–H and O–H groups in total. The van der Waals surface area contributed by atoms with Crippen molar-refractivity contribution < 1.29 is 13.5 Å². The molecule has 2 aromatic carbocycles. The van der Waals surface area contributed by atoms with Gasteiger partial charge in [-0.2, -0.15) is 0 Å². The smallest absolute Gasteiger partial charge is 0.258 e. The van der Waals surface area contributed by atoms with Crippen LogP contribution in [0.1, 0.15) is 18.1 Å². The SMILES string of the molecule is CCS(=O)(=O)Nc1cccc(CN=Cc2c(O)[nH]c(=O)c3ccccc23)c1. The van der Waals surface area contributed by atoms with Gasteiger partial charge in [0, 0.05) is 22.7 Å². The number of aromatic hydroxyl groups is 1. The third-order valence-electron chi connectivity index (χ3n) is 4.02. The van der Waals surface area contributed by atoms with E-state index in [2.05, 4.69) is 14.7 Å². The number of fused-ring (bicyclic) bond motifs is 1. The zero-order valence-electron chi connectivity index (χ0n) is 14.6. The van der Waals surface area contributed by atoms with E-state index >= 15 is 0 Å². The predicted octanol–water partition coefficient (Wildman–Crippen LogP) is 2.61. The number of hydrogen-bond acceptors (Lipinski definition) is 5. The predicted molar refractivity (Wildman–Crippen MR) is 107 cm³/mol. The summed E-state index contributed by atoms with van der Waals surface area (Å²) < 4.78 is 25.8. The minimum absolute atomic E-state index is 0.00601. The van der Waals surface area contributed by atoms with Crippen molar-refractivity contribution in [1.29, 1.82) is 0 Å². The molecular weight excluding hydrogens is 366 g/mol. The van der Waals surface area contributed by atoms with Crippen molar-refractivity contribution in [2.24, 2.45) is 4.99 Å². The average Bonchev–Trinajstić information content (AvgIpc) is 2.64. The van der Waals surface area contributed by atoms with Crippen LogP contribution in [0.25, 0.3) is 10.8 Å². The Morgan fingerprint density at radius 1 is 1.15 bits per heavy atom. The first-order valence-electron chi connectivity index (χ1n) is 8.33. The van der Waals surface area contributed by atoms with E-state index in [-0.39, 0.29) is 23.7 Å². The van der Waals surface area contributed by atoms with Crippen LogP contribution in [0.5, 0.6) is 5.88 Å². The fourth-order valence-electron chi connectivity index (χ4n) is 2.64. The van der Waals surface area contributed by atoms with Gasteiger partial charge in [-0.25, -0.2) is 8.42 Å². The maximum Gasteiger partial charge on any atom is 0.258 e. The zero-order valence-corrected chi connectivity index (χ0v) is 15.5. The highest BCUT2D eigenvalue weighted by atomic mass is 32.2. The quantitative estimate of drug-likeness (QED) is 0.566. The van der Waals surface area contributed by atoms with Gasteiger partial charge in [0.2, 0.25) is 15.9 Å². The molecular formula is C19H19N3O4S. The van der Waals surface area contributed by atoms with Crippen molar-refractivity contribution in [2.45, 2.75) is 13.5 Å². The Morgan fingerprint density at radius 3 is 2.63 bits per heavy atom. The molecule has 27 heavy (non-hydrogen) atoms. The fraction of sp³-hybridized carbons (Fsp3) is 0.158. The number of anilines is 1. The third kappa shape index (κ3) is 4.35. The minimum Gasteiger partial charge on any atom is -0.494 e. The molecule has 0 atom stereocenters. The number of aromatic nitrogens is 1. The molecule has 0 aliphatic carbocycles. The highest BCUT2D eigenvalue weighted by Crippen LogP contribution is 2.20. The monoisotopic (exact) mass is 385 g/mol. The van der Waals surface area contributed by atoms with Crippen LogP contribution in [-0.4, -0.2) is 30.5 Å². The molecule has 1 heterocycles. The molecule has 0 bridgehead atoms. The summed E-state index contributed by atoms with van der Waals surface area (Å²) in [6.07, 6.45) is 1.50. The number of benzene rings is 2. The number of H-pyrrole nitrogens is 1. The van der Waals surface area contributed by atoms with Crippen LogP contribution < -0.4 is 10.3 Å². The molecule has 0 spiro atoms. The van der Waals surface area contributed by atoms with E-state index in [0.29, 0.717) is 22.0 Å². The van der Waals surface area contributed by atoms with Gasteiger partial charge >= 0.3 is 0 Å². The third-order valence-corrected chi connectivity index (χ3v) is 5.33. The van der Waals surface area contributed by atoms with Crippen molar-refractivity contribution in [3.8, 4) is 5.88 Å². The van der Waals surface area contributed by atoms with E-state index in [0.717, 1.165) is 5.56 Å². The van der Waals surface area contributed by atoms with Crippen molar-refractivity contribution >= 4 is 32.7 Å². The maximum atomic E-state index is 11.9. The summed E-state index contributed by atoms with van der Waals surface area (Å²) in [5.41, 5.74) is 1.34. The van der Waals surface area contributed by atoms with Crippen LogP contribution in [0.4, 0.5) is 5.69 Å². The fourth-order valence-corrected chi connectivity index (χ4v) is 3.27. The van der Waals surface area contributed by atoms with Gasteiger partial charge in [-0.15, -0.1) is 0 Å². The average molecular weight is 385 g/mol. The van der Waals surface area contributed by atoms with Crippen LogP contribution in [0, 0.1) is 0 Å². The first kappa shape index (κ1) is 18.7. The molecule has 140 valence electrons. The van der Waals surface area contributed by atoms with Crippen molar-refractivity contribution in [3.05, 3.63) is 70.0 Å². The number of aliphatic imine (C=N–C) groups is 1. The lowest BCUT2D eigenvalue weighted by atomic mass is 10.1. The first-order valence-corrected chi connectivity index (χ1v) is 9.98. The second-order valence-corrected chi connectivity index (χ2v) is 7.95. The van der Waals surface area contributed by atoms with E-state index in [1.165, 1.54) is 6.21 Å². The maximum absolute atomic E-state index is 11.9. The summed E-state index contributed by atoms with van der Waals surface area (Å²) in [4.78, 5) is 18.6. The van der Waals surface area contributed by atoms with Gasteiger partial charge in [-0.3, -0.25) is 19.5 Å². The molecule has 8 heteroatoms. The number of rotatable bonds is 6. The van der Waals surface area contributed by atoms with Crippen LogP contribution in [0.15, 0.2) is 58.3 Å². The lowest BCUT2D eigenvalue weighted by molar-refractivity contribution is 0.452. The Kier molecular flexibility index (Phi) is 5.27. The van der Waals surface area contributed by atoms with Crippen LogP contribution >= 0.6 is 0 Å². The van der Waals surface area contributed by atoms with Gasteiger partial charge in [0.1, 0.15) is 0 Å². The van der Waals surface area contributed by atoms with E-state index in [1.807, 2.05) is 6.07 Å². The summed E-state index contributed by atoms with van der Waals surface area (Å²) in [7, 11) is -3.34. The van der Waals surface area contributed by atoms with Gasteiger partial charge in [-0.1, -0.05) is 30.3 Å². The van der Waals surface area contributed by atoms with Crippen LogP contribution in [0.3, 0.4) is 0 Å². The summed E-state index contributed by atoms with van der Waals surface area (Å²) in [6.45, 7) is 1.85. The Bertz CT molecular complexity index is 1170. The molecule has 0 saturated carbocycles. The molecule has 1 aromatic heterocycles. The Balaban J connectivity index is 1.85. The second-order valence-electron chi connectivity index (χ2n) is 5.94. The summed E-state index contributed by atoms with van der Waals surface area (Å²) in [5, 5.41) is 11.1. The zero-order chi connectivity index (χ0) is 19.4. The van der Waals surface area contributed by atoms with Crippen LogP contribution in [-0.2, 0) is 16.6 Å². The summed E-state index contributed by atoms with van der Waals surface area (Å²) >= 11 is 0. The van der Waals surface area contributed by atoms with Gasteiger partial charge in [-0.05, 0) is 30.7 Å². The van der Waals surface area contributed by atoms with Gasteiger partial charge in [0.05, 0.1) is 17.9 Å². The number of hydrogen-bond donors (Lipinski definition) is 3. The van der Waals surface area contributed by atoms with E-state index in [9.17, 15) is 18.3 Å². The topological polar surface area (TPSA) is 112 Å². The van der Waals surface area contributed by atoms with E-state index < -0.39 is 10.0 Å². The Hall–Kier alpha value is -3.13.